The summed E-state index contributed by atoms with van der Waals surface area (Å²) in [5, 5.41) is 7.00. The van der Waals surface area contributed by atoms with Gasteiger partial charge < -0.3 is 14.2 Å². The number of rotatable bonds is 5. The standard InChI is InChI=1S/C18H13ClN2O3S/c19-12-3-4-15-11(6-12)7-16(24-15)14-10-25-18(21-14)8-17(22)20-9-13-2-1-5-23-13/h1-7,10H,8-9H2,(H,20,22). The van der Waals surface area contributed by atoms with Gasteiger partial charge in [0.1, 0.15) is 22.0 Å². The van der Waals surface area contributed by atoms with Gasteiger partial charge in [0.15, 0.2) is 5.76 Å². The molecule has 0 spiro atoms. The highest BCUT2D eigenvalue weighted by Crippen LogP contribution is 2.30. The summed E-state index contributed by atoms with van der Waals surface area (Å²) in [6.45, 7) is 0.369. The number of thiazole rings is 1. The van der Waals surface area contributed by atoms with E-state index in [1.54, 1.807) is 18.4 Å². The number of nitrogens with zero attached hydrogens (tertiary/aromatic N) is 1. The van der Waals surface area contributed by atoms with Gasteiger partial charge in [-0.15, -0.1) is 11.3 Å². The Hall–Kier alpha value is -2.57. The molecule has 126 valence electrons. The SMILES string of the molecule is O=C(Cc1nc(-c2cc3cc(Cl)ccc3o2)cs1)NCc1ccco1. The summed E-state index contributed by atoms with van der Waals surface area (Å²) in [6, 6.07) is 11.0. The van der Waals surface area contributed by atoms with Crippen LogP contribution in [0.15, 0.2) is 56.9 Å². The molecule has 0 aliphatic heterocycles. The van der Waals surface area contributed by atoms with Gasteiger partial charge in [0.05, 0.1) is 19.2 Å². The number of carbonyl (C=O) groups excluding carboxylic acids is 1. The van der Waals surface area contributed by atoms with Crippen LogP contribution in [0.4, 0.5) is 0 Å². The van der Waals surface area contributed by atoms with Crippen LogP contribution in [0.2, 0.25) is 5.02 Å². The molecule has 3 heterocycles. The summed E-state index contributed by atoms with van der Waals surface area (Å²) in [5.74, 6) is 1.28. The number of nitrogens with one attached hydrogen (secondary N) is 1. The van der Waals surface area contributed by atoms with Crippen molar-refractivity contribution in [1.82, 2.24) is 10.3 Å². The molecule has 7 heteroatoms. The third kappa shape index (κ3) is 3.60. The van der Waals surface area contributed by atoms with Gasteiger partial charge in [-0.05, 0) is 36.4 Å². The number of hydrogen-bond donors (Lipinski definition) is 1. The second kappa shape index (κ2) is 6.74. The summed E-state index contributed by atoms with van der Waals surface area (Å²) in [4.78, 5) is 16.5. The van der Waals surface area contributed by atoms with E-state index in [4.69, 9.17) is 20.4 Å². The summed E-state index contributed by atoms with van der Waals surface area (Å²) in [6.07, 6.45) is 1.80. The molecule has 5 nitrogen and oxygen atoms in total. The van der Waals surface area contributed by atoms with Crippen LogP contribution >= 0.6 is 22.9 Å². The predicted molar refractivity (Wildman–Crippen MR) is 96.6 cm³/mol. The maximum absolute atomic E-state index is 12.0. The van der Waals surface area contributed by atoms with Gasteiger partial charge >= 0.3 is 0 Å². The van der Waals surface area contributed by atoms with E-state index < -0.39 is 0 Å². The Morgan fingerprint density at radius 3 is 3.04 bits per heavy atom. The molecule has 0 aliphatic rings. The van der Waals surface area contributed by atoms with Crippen molar-refractivity contribution in [2.24, 2.45) is 0 Å². The number of benzene rings is 1. The minimum Gasteiger partial charge on any atom is -0.467 e. The lowest BCUT2D eigenvalue weighted by Crippen LogP contribution is -2.24. The maximum Gasteiger partial charge on any atom is 0.227 e. The zero-order valence-electron chi connectivity index (χ0n) is 13.0. The Labute approximate surface area is 152 Å². The van der Waals surface area contributed by atoms with Gasteiger partial charge in [0.2, 0.25) is 5.91 Å². The van der Waals surface area contributed by atoms with Crippen LogP contribution in [0.1, 0.15) is 10.8 Å². The topological polar surface area (TPSA) is 68.3 Å². The Kier molecular flexibility index (Phi) is 4.29. The fraction of sp³-hybridized carbons (Fsp3) is 0.111. The maximum atomic E-state index is 12.0. The summed E-state index contributed by atoms with van der Waals surface area (Å²) < 4.78 is 11.0. The van der Waals surface area contributed by atoms with E-state index in [-0.39, 0.29) is 12.3 Å². The number of carbonyl (C=O) groups is 1. The first-order valence-corrected chi connectivity index (χ1v) is 8.86. The molecule has 1 aromatic carbocycles. The molecule has 25 heavy (non-hydrogen) atoms. The van der Waals surface area contributed by atoms with Crippen molar-refractivity contribution in [2.45, 2.75) is 13.0 Å². The molecular formula is C18H13ClN2O3S. The van der Waals surface area contributed by atoms with Crippen LogP contribution < -0.4 is 5.32 Å². The molecule has 0 aliphatic carbocycles. The largest absolute Gasteiger partial charge is 0.467 e. The summed E-state index contributed by atoms with van der Waals surface area (Å²) >= 11 is 7.42. The van der Waals surface area contributed by atoms with Gasteiger partial charge in [-0.3, -0.25) is 4.79 Å². The van der Waals surface area contributed by atoms with Crippen LogP contribution in [0.5, 0.6) is 0 Å². The lowest BCUT2D eigenvalue weighted by molar-refractivity contribution is -0.120. The highest BCUT2D eigenvalue weighted by Gasteiger charge is 2.13. The smallest absolute Gasteiger partial charge is 0.227 e. The number of halogens is 1. The molecule has 4 aromatic rings. The van der Waals surface area contributed by atoms with Gasteiger partial charge in [-0.2, -0.15) is 0 Å². The molecule has 0 saturated heterocycles. The number of aromatic nitrogens is 1. The van der Waals surface area contributed by atoms with Crippen molar-refractivity contribution in [3.05, 3.63) is 63.8 Å². The van der Waals surface area contributed by atoms with E-state index in [2.05, 4.69) is 10.3 Å². The highest BCUT2D eigenvalue weighted by molar-refractivity contribution is 7.10. The summed E-state index contributed by atoms with van der Waals surface area (Å²) in [5.41, 5.74) is 1.47. The molecule has 0 saturated carbocycles. The molecule has 0 atom stereocenters. The van der Waals surface area contributed by atoms with Crippen LogP contribution in [0.25, 0.3) is 22.4 Å². The number of hydrogen-bond acceptors (Lipinski definition) is 5. The minimum atomic E-state index is -0.103. The quantitative estimate of drug-likeness (QED) is 0.553. The molecule has 3 aromatic heterocycles. The molecule has 0 fully saturated rings. The monoisotopic (exact) mass is 372 g/mol. The Bertz CT molecular complexity index is 1020. The van der Waals surface area contributed by atoms with Gasteiger partial charge in [0, 0.05) is 15.8 Å². The molecule has 0 radical (unpaired) electrons. The normalized spacial score (nSPS) is 11.1. The number of amides is 1. The van der Waals surface area contributed by atoms with Crippen molar-refractivity contribution in [3.63, 3.8) is 0 Å². The van der Waals surface area contributed by atoms with Crippen molar-refractivity contribution < 1.29 is 13.6 Å². The highest BCUT2D eigenvalue weighted by atomic mass is 35.5. The van der Waals surface area contributed by atoms with Crippen LogP contribution in [0, 0.1) is 0 Å². The fourth-order valence-electron chi connectivity index (χ4n) is 2.44. The molecule has 4 rings (SSSR count). The van der Waals surface area contributed by atoms with E-state index in [1.165, 1.54) is 11.3 Å². The van der Waals surface area contributed by atoms with Crippen LogP contribution in [-0.4, -0.2) is 10.9 Å². The van der Waals surface area contributed by atoms with E-state index >= 15 is 0 Å². The lowest BCUT2D eigenvalue weighted by atomic mass is 10.2. The van der Waals surface area contributed by atoms with Gasteiger partial charge in [-0.25, -0.2) is 4.98 Å². The van der Waals surface area contributed by atoms with Crippen molar-refractivity contribution in [2.75, 3.05) is 0 Å². The van der Waals surface area contributed by atoms with E-state index in [0.717, 1.165) is 16.0 Å². The molecule has 0 unspecified atom stereocenters. The zero-order chi connectivity index (χ0) is 17.2. The number of fused-ring (bicyclic) bond motifs is 1. The second-order valence-corrected chi connectivity index (χ2v) is 6.83. The minimum absolute atomic E-state index is 0.103. The van der Waals surface area contributed by atoms with Crippen molar-refractivity contribution in [3.8, 4) is 11.5 Å². The van der Waals surface area contributed by atoms with Gasteiger partial charge in [-0.1, -0.05) is 11.6 Å². The first-order chi connectivity index (χ1) is 12.2. The molecular weight excluding hydrogens is 360 g/mol. The predicted octanol–water partition coefficient (Wildman–Crippen LogP) is 4.66. The third-order valence-electron chi connectivity index (χ3n) is 3.63. The third-order valence-corrected chi connectivity index (χ3v) is 4.72. The van der Waals surface area contributed by atoms with E-state index in [1.807, 2.05) is 29.6 Å². The molecule has 0 bridgehead atoms. The lowest BCUT2D eigenvalue weighted by Gasteiger charge is -2.00. The Morgan fingerprint density at radius 2 is 2.20 bits per heavy atom. The van der Waals surface area contributed by atoms with Crippen molar-refractivity contribution in [1.29, 1.82) is 0 Å². The van der Waals surface area contributed by atoms with Crippen LogP contribution in [-0.2, 0) is 17.8 Å². The van der Waals surface area contributed by atoms with Crippen LogP contribution in [0.3, 0.4) is 0 Å². The fourth-order valence-corrected chi connectivity index (χ4v) is 3.41. The second-order valence-electron chi connectivity index (χ2n) is 5.45. The Morgan fingerprint density at radius 1 is 1.28 bits per heavy atom. The first kappa shape index (κ1) is 15.9. The van der Waals surface area contributed by atoms with Gasteiger partial charge in [0.25, 0.3) is 0 Å². The zero-order valence-corrected chi connectivity index (χ0v) is 14.6. The summed E-state index contributed by atoms with van der Waals surface area (Å²) in [7, 11) is 0. The average Bonchev–Trinajstić information content (AvgIpc) is 3.32. The first-order valence-electron chi connectivity index (χ1n) is 7.60. The average molecular weight is 373 g/mol. The molecule has 1 N–H and O–H groups in total. The Balaban J connectivity index is 1.44. The van der Waals surface area contributed by atoms with E-state index in [9.17, 15) is 4.79 Å². The van der Waals surface area contributed by atoms with E-state index in [0.29, 0.717) is 28.8 Å². The number of furan rings is 2. The van der Waals surface area contributed by atoms with Crippen molar-refractivity contribution >= 4 is 39.8 Å². The molecule has 1 amide bonds.